The van der Waals surface area contributed by atoms with Crippen LogP contribution in [0.2, 0.25) is 0 Å². The average molecular weight is 317 g/mol. The van der Waals surface area contributed by atoms with E-state index >= 15 is 0 Å². The number of aliphatic hydroxyl groups is 1. The van der Waals surface area contributed by atoms with Crippen molar-refractivity contribution < 1.29 is 19.8 Å². The number of rotatable bonds is 5. The summed E-state index contributed by atoms with van der Waals surface area (Å²) in [6.45, 7) is 0.710. The number of nitrogens with one attached hydrogen (secondary N) is 1. The summed E-state index contributed by atoms with van der Waals surface area (Å²) in [4.78, 5) is 29.3. The van der Waals surface area contributed by atoms with Crippen LogP contribution < -0.4 is 10.2 Å². The van der Waals surface area contributed by atoms with Gasteiger partial charge in [-0.2, -0.15) is 0 Å². The molecule has 1 aromatic heterocycles. The summed E-state index contributed by atoms with van der Waals surface area (Å²) in [5.41, 5.74) is -0.384. The zero-order chi connectivity index (χ0) is 17.2. The summed E-state index contributed by atoms with van der Waals surface area (Å²) in [7, 11) is 3.72. The maximum atomic E-state index is 12.2. The van der Waals surface area contributed by atoms with Crippen LogP contribution in [0.1, 0.15) is 17.4 Å². The number of para-hydroxylation sites is 1. The highest BCUT2D eigenvalue weighted by atomic mass is 16.4. The summed E-state index contributed by atoms with van der Waals surface area (Å²) >= 11 is 0. The van der Waals surface area contributed by atoms with E-state index in [-0.39, 0.29) is 5.69 Å². The van der Waals surface area contributed by atoms with E-state index in [1.54, 1.807) is 12.1 Å². The van der Waals surface area contributed by atoms with Gasteiger partial charge in [-0.15, -0.1) is 0 Å². The second-order valence-corrected chi connectivity index (χ2v) is 5.70. The van der Waals surface area contributed by atoms with E-state index in [9.17, 15) is 14.7 Å². The number of aliphatic carboxylic acids is 1. The number of benzene rings is 1. The Morgan fingerprint density at radius 1 is 1.30 bits per heavy atom. The normalized spacial score (nSPS) is 13.4. The number of carboxylic acid groups (broad SMARTS) is 1. The van der Waals surface area contributed by atoms with Crippen molar-refractivity contribution in [2.24, 2.45) is 0 Å². The number of amides is 1. The predicted octanol–water partition coefficient (Wildman–Crippen LogP) is 0.866. The summed E-state index contributed by atoms with van der Waals surface area (Å²) in [5.74, 6) is -1.95. The smallest absolute Gasteiger partial charge is 0.337 e. The van der Waals surface area contributed by atoms with Crippen molar-refractivity contribution in [1.82, 2.24) is 10.3 Å². The van der Waals surface area contributed by atoms with Gasteiger partial charge in [0.25, 0.3) is 5.91 Å². The lowest BCUT2D eigenvalue weighted by Crippen LogP contribution is -2.46. The Balaban J connectivity index is 2.32. The van der Waals surface area contributed by atoms with E-state index in [1.165, 1.54) is 0 Å². The fraction of sp³-hybridized carbons (Fsp3) is 0.312. The van der Waals surface area contributed by atoms with Crippen molar-refractivity contribution in [1.29, 1.82) is 0 Å². The number of carboxylic acids is 1. The van der Waals surface area contributed by atoms with Crippen LogP contribution in [0.5, 0.6) is 0 Å². The molecule has 1 atom stereocenters. The van der Waals surface area contributed by atoms with Crippen molar-refractivity contribution in [3.63, 3.8) is 0 Å². The van der Waals surface area contributed by atoms with Crippen LogP contribution in [0.3, 0.4) is 0 Å². The van der Waals surface area contributed by atoms with Crippen molar-refractivity contribution in [2.45, 2.75) is 12.5 Å². The summed E-state index contributed by atoms with van der Waals surface area (Å²) in [6.07, 6.45) is 0. The van der Waals surface area contributed by atoms with Crippen LogP contribution >= 0.6 is 0 Å². The zero-order valence-electron chi connectivity index (χ0n) is 13.2. The first-order valence-electron chi connectivity index (χ1n) is 7.03. The number of nitrogens with zero attached hydrogens (tertiary/aromatic N) is 2. The molecule has 1 amide bonds. The lowest BCUT2D eigenvalue weighted by Gasteiger charge is -2.19. The van der Waals surface area contributed by atoms with E-state index in [0.717, 1.165) is 18.0 Å². The molecule has 2 aromatic rings. The van der Waals surface area contributed by atoms with E-state index in [0.29, 0.717) is 5.52 Å². The molecule has 0 aliphatic rings. The molecule has 1 heterocycles. The van der Waals surface area contributed by atoms with Gasteiger partial charge in [0.1, 0.15) is 5.69 Å². The average Bonchev–Trinajstić information content (AvgIpc) is 2.51. The standard InChI is InChI=1S/C16H19N3O4/c1-16(23,15(21)22)9-17-14(20)12-8-13(19(2)3)10-6-4-5-7-11(10)18-12/h4-8,23H,9H2,1-3H3,(H,17,20)(H,21,22). The third-order valence-corrected chi connectivity index (χ3v) is 3.46. The molecule has 23 heavy (non-hydrogen) atoms. The highest BCUT2D eigenvalue weighted by molar-refractivity contribution is 6.00. The molecule has 122 valence electrons. The number of hydrogen-bond donors (Lipinski definition) is 3. The molecule has 0 radical (unpaired) electrons. The van der Waals surface area contributed by atoms with Gasteiger partial charge in [0, 0.05) is 25.2 Å². The fourth-order valence-corrected chi connectivity index (χ4v) is 2.06. The molecule has 0 fully saturated rings. The molecule has 0 spiro atoms. The van der Waals surface area contributed by atoms with Crippen LogP contribution in [-0.4, -0.2) is 53.3 Å². The van der Waals surface area contributed by atoms with Crippen molar-refractivity contribution >= 4 is 28.5 Å². The topological polar surface area (TPSA) is 103 Å². The SMILES string of the molecule is CN(C)c1cc(C(=O)NCC(C)(O)C(=O)O)nc2ccccc12. The third kappa shape index (κ3) is 3.57. The third-order valence-electron chi connectivity index (χ3n) is 3.46. The Hall–Kier alpha value is -2.67. The Kier molecular flexibility index (Phi) is 4.51. The quantitative estimate of drug-likeness (QED) is 0.756. The minimum absolute atomic E-state index is 0.161. The number of carbonyl (C=O) groups excluding carboxylic acids is 1. The first-order valence-corrected chi connectivity index (χ1v) is 7.03. The summed E-state index contributed by atoms with van der Waals surface area (Å²) in [5, 5.41) is 21.8. The lowest BCUT2D eigenvalue weighted by molar-refractivity contribution is -0.155. The number of anilines is 1. The van der Waals surface area contributed by atoms with Crippen molar-refractivity contribution in [2.75, 3.05) is 25.5 Å². The second-order valence-electron chi connectivity index (χ2n) is 5.70. The molecule has 7 nitrogen and oxygen atoms in total. The van der Waals surface area contributed by atoms with E-state index in [2.05, 4.69) is 10.3 Å². The highest BCUT2D eigenvalue weighted by Crippen LogP contribution is 2.25. The molecule has 0 saturated heterocycles. The van der Waals surface area contributed by atoms with Gasteiger partial charge in [-0.05, 0) is 19.1 Å². The van der Waals surface area contributed by atoms with E-state index < -0.39 is 24.0 Å². The van der Waals surface area contributed by atoms with Crippen molar-refractivity contribution in [3.8, 4) is 0 Å². The number of fused-ring (bicyclic) bond motifs is 1. The molecule has 3 N–H and O–H groups in total. The second kappa shape index (κ2) is 6.21. The van der Waals surface area contributed by atoms with Crippen LogP contribution in [-0.2, 0) is 4.79 Å². The largest absolute Gasteiger partial charge is 0.479 e. The Labute approximate surface area is 133 Å². The summed E-state index contributed by atoms with van der Waals surface area (Å²) in [6, 6.07) is 9.06. The molecule has 2 rings (SSSR count). The molecule has 1 unspecified atom stereocenters. The van der Waals surface area contributed by atoms with Gasteiger partial charge in [0.15, 0.2) is 5.60 Å². The number of aromatic nitrogens is 1. The number of pyridine rings is 1. The number of carbonyl (C=O) groups is 2. The predicted molar refractivity (Wildman–Crippen MR) is 86.7 cm³/mol. The molecule has 1 aromatic carbocycles. The van der Waals surface area contributed by atoms with Gasteiger partial charge in [0.2, 0.25) is 0 Å². The Morgan fingerprint density at radius 2 is 1.96 bits per heavy atom. The maximum Gasteiger partial charge on any atom is 0.337 e. The first kappa shape index (κ1) is 16.7. The Bertz CT molecular complexity index is 756. The minimum atomic E-state index is -2.03. The van der Waals surface area contributed by atoms with Gasteiger partial charge in [-0.25, -0.2) is 9.78 Å². The molecule has 0 saturated carbocycles. The molecular weight excluding hydrogens is 298 g/mol. The molecule has 0 aliphatic heterocycles. The zero-order valence-corrected chi connectivity index (χ0v) is 13.2. The molecular formula is C16H19N3O4. The monoisotopic (exact) mass is 317 g/mol. The molecule has 0 aliphatic carbocycles. The van der Waals surface area contributed by atoms with E-state index in [4.69, 9.17) is 5.11 Å². The highest BCUT2D eigenvalue weighted by Gasteiger charge is 2.30. The van der Waals surface area contributed by atoms with Gasteiger partial charge >= 0.3 is 5.97 Å². The Morgan fingerprint density at radius 3 is 2.57 bits per heavy atom. The van der Waals surface area contributed by atoms with Gasteiger partial charge in [-0.3, -0.25) is 4.79 Å². The molecule has 0 bridgehead atoms. The van der Waals surface area contributed by atoms with Gasteiger partial charge in [-0.1, -0.05) is 18.2 Å². The minimum Gasteiger partial charge on any atom is -0.479 e. The summed E-state index contributed by atoms with van der Waals surface area (Å²) < 4.78 is 0. The maximum absolute atomic E-state index is 12.2. The van der Waals surface area contributed by atoms with Gasteiger partial charge < -0.3 is 20.4 Å². The van der Waals surface area contributed by atoms with Crippen LogP contribution in [0.4, 0.5) is 5.69 Å². The lowest BCUT2D eigenvalue weighted by atomic mass is 10.1. The van der Waals surface area contributed by atoms with Gasteiger partial charge in [0.05, 0.1) is 12.1 Å². The number of hydrogen-bond acceptors (Lipinski definition) is 5. The van der Waals surface area contributed by atoms with Crippen molar-refractivity contribution in [3.05, 3.63) is 36.0 Å². The van der Waals surface area contributed by atoms with Crippen LogP contribution in [0.25, 0.3) is 10.9 Å². The van der Waals surface area contributed by atoms with E-state index in [1.807, 2.05) is 37.2 Å². The van der Waals surface area contributed by atoms with Crippen LogP contribution in [0.15, 0.2) is 30.3 Å². The van der Waals surface area contributed by atoms with Crippen LogP contribution in [0, 0.1) is 0 Å². The fourth-order valence-electron chi connectivity index (χ4n) is 2.06. The first-order chi connectivity index (χ1) is 10.7. The molecule has 7 heteroatoms.